The van der Waals surface area contributed by atoms with E-state index in [2.05, 4.69) is 4.90 Å². The lowest BCUT2D eigenvalue weighted by atomic mass is 9.76. The number of nitrogens with zero attached hydrogens (tertiary/aromatic N) is 1. The van der Waals surface area contributed by atoms with Gasteiger partial charge in [-0.15, -0.1) is 0 Å². The van der Waals surface area contributed by atoms with Gasteiger partial charge in [-0.1, -0.05) is 18.2 Å². The number of likely N-dealkylation sites (tertiary alicyclic amines) is 1. The lowest BCUT2D eigenvalue weighted by Gasteiger charge is -2.23. The lowest BCUT2D eigenvalue weighted by Crippen LogP contribution is -2.37. The van der Waals surface area contributed by atoms with Gasteiger partial charge < -0.3 is 14.8 Å². The molecule has 0 bridgehead atoms. The van der Waals surface area contributed by atoms with E-state index in [4.69, 9.17) is 4.65 Å². The molecular formula is C13H18BNO3. The molecule has 0 aromatic heterocycles. The Labute approximate surface area is 107 Å². The van der Waals surface area contributed by atoms with Crippen LogP contribution in [0, 0.1) is 0 Å². The second kappa shape index (κ2) is 5.01. The van der Waals surface area contributed by atoms with Gasteiger partial charge in [0.05, 0.1) is 13.2 Å². The third-order valence-electron chi connectivity index (χ3n) is 4.01. The molecule has 0 saturated carbocycles. The average molecular weight is 247 g/mol. The van der Waals surface area contributed by atoms with Gasteiger partial charge in [0, 0.05) is 12.6 Å². The first-order chi connectivity index (χ1) is 8.79. The smallest absolute Gasteiger partial charge is 0.423 e. The Morgan fingerprint density at radius 3 is 3.17 bits per heavy atom. The van der Waals surface area contributed by atoms with E-state index in [-0.39, 0.29) is 12.6 Å². The Balaban J connectivity index is 1.83. The van der Waals surface area contributed by atoms with Crippen molar-refractivity contribution in [3.8, 4) is 0 Å². The number of aliphatic hydroxyl groups is 1. The van der Waals surface area contributed by atoms with E-state index in [1.54, 1.807) is 0 Å². The summed E-state index contributed by atoms with van der Waals surface area (Å²) in [6, 6.07) is 6.33. The molecule has 0 unspecified atom stereocenters. The van der Waals surface area contributed by atoms with Crippen LogP contribution in [0.2, 0.25) is 0 Å². The molecule has 5 heteroatoms. The van der Waals surface area contributed by atoms with Crippen molar-refractivity contribution in [2.45, 2.75) is 32.0 Å². The molecule has 1 fully saturated rings. The fourth-order valence-corrected chi connectivity index (χ4v) is 3.03. The van der Waals surface area contributed by atoms with Gasteiger partial charge in [-0.2, -0.15) is 0 Å². The van der Waals surface area contributed by atoms with E-state index in [1.807, 2.05) is 18.2 Å². The maximum absolute atomic E-state index is 9.87. The molecule has 1 aromatic rings. The topological polar surface area (TPSA) is 52.9 Å². The predicted octanol–water partition coefficient (Wildman–Crippen LogP) is -0.139. The van der Waals surface area contributed by atoms with Crippen molar-refractivity contribution < 1.29 is 14.8 Å². The summed E-state index contributed by atoms with van der Waals surface area (Å²) in [7, 11) is -0.786. The molecule has 1 atom stereocenters. The van der Waals surface area contributed by atoms with Crippen molar-refractivity contribution in [1.29, 1.82) is 0 Å². The van der Waals surface area contributed by atoms with Crippen LogP contribution in [0.4, 0.5) is 0 Å². The summed E-state index contributed by atoms with van der Waals surface area (Å²) in [5.74, 6) is 0. The highest BCUT2D eigenvalue weighted by atomic mass is 16.5. The van der Waals surface area contributed by atoms with Crippen molar-refractivity contribution in [1.82, 2.24) is 4.90 Å². The molecular weight excluding hydrogens is 229 g/mol. The van der Waals surface area contributed by atoms with Gasteiger partial charge in [-0.3, -0.25) is 4.90 Å². The van der Waals surface area contributed by atoms with Gasteiger partial charge in [-0.25, -0.2) is 0 Å². The summed E-state index contributed by atoms with van der Waals surface area (Å²) in [6.45, 7) is 2.52. The van der Waals surface area contributed by atoms with E-state index in [0.29, 0.717) is 6.61 Å². The van der Waals surface area contributed by atoms with Gasteiger partial charge in [0.2, 0.25) is 0 Å². The second-order valence-electron chi connectivity index (χ2n) is 5.10. The molecule has 2 N–H and O–H groups in total. The average Bonchev–Trinajstić information content (AvgIpc) is 2.97. The van der Waals surface area contributed by atoms with Crippen molar-refractivity contribution in [3.05, 3.63) is 29.3 Å². The Morgan fingerprint density at radius 2 is 2.33 bits per heavy atom. The monoisotopic (exact) mass is 247 g/mol. The van der Waals surface area contributed by atoms with Crippen molar-refractivity contribution in [3.63, 3.8) is 0 Å². The molecule has 0 spiro atoms. The molecule has 2 heterocycles. The van der Waals surface area contributed by atoms with Crippen molar-refractivity contribution in [2.75, 3.05) is 13.2 Å². The SMILES string of the molecule is OC[C@@H]1CCCN1Cc1cccc2c1B(O)OC2. The zero-order valence-corrected chi connectivity index (χ0v) is 10.4. The van der Waals surface area contributed by atoms with E-state index >= 15 is 0 Å². The summed E-state index contributed by atoms with van der Waals surface area (Å²) < 4.78 is 5.27. The van der Waals surface area contributed by atoms with Gasteiger partial charge in [-0.05, 0) is 36.0 Å². The minimum atomic E-state index is -0.786. The lowest BCUT2D eigenvalue weighted by molar-refractivity contribution is 0.154. The van der Waals surface area contributed by atoms with E-state index < -0.39 is 7.12 Å². The minimum Gasteiger partial charge on any atom is -0.423 e. The van der Waals surface area contributed by atoms with Crippen LogP contribution in [0.5, 0.6) is 0 Å². The van der Waals surface area contributed by atoms with Gasteiger partial charge in [0.25, 0.3) is 0 Å². The number of hydrogen-bond acceptors (Lipinski definition) is 4. The molecule has 1 aromatic carbocycles. The molecule has 96 valence electrons. The highest BCUT2D eigenvalue weighted by Crippen LogP contribution is 2.21. The number of fused-ring (bicyclic) bond motifs is 1. The first kappa shape index (κ1) is 12.2. The van der Waals surface area contributed by atoms with Crippen LogP contribution < -0.4 is 5.46 Å². The first-order valence-electron chi connectivity index (χ1n) is 6.55. The van der Waals surface area contributed by atoms with Crippen LogP contribution in [-0.4, -0.2) is 41.3 Å². The third kappa shape index (κ3) is 2.08. The number of aliphatic hydroxyl groups excluding tert-OH is 1. The normalized spacial score (nSPS) is 23.7. The fraction of sp³-hybridized carbons (Fsp3) is 0.538. The molecule has 2 aliphatic heterocycles. The third-order valence-corrected chi connectivity index (χ3v) is 4.01. The molecule has 0 radical (unpaired) electrons. The number of rotatable bonds is 3. The summed E-state index contributed by atoms with van der Waals surface area (Å²) in [6.07, 6.45) is 2.20. The Kier molecular flexibility index (Phi) is 3.39. The minimum absolute atomic E-state index is 0.216. The Hall–Kier alpha value is -0.875. The van der Waals surface area contributed by atoms with Crippen molar-refractivity contribution >= 4 is 12.6 Å². The van der Waals surface area contributed by atoms with Crippen LogP contribution in [0.3, 0.4) is 0 Å². The molecule has 1 saturated heterocycles. The summed E-state index contributed by atoms with van der Waals surface area (Å²) in [4.78, 5) is 2.29. The van der Waals surface area contributed by atoms with Crippen LogP contribution in [0.15, 0.2) is 18.2 Å². The van der Waals surface area contributed by atoms with Crippen molar-refractivity contribution in [2.24, 2.45) is 0 Å². The Bertz CT molecular complexity index is 440. The van der Waals surface area contributed by atoms with Gasteiger partial charge in [0.1, 0.15) is 0 Å². The van der Waals surface area contributed by atoms with E-state index in [9.17, 15) is 10.1 Å². The van der Waals surface area contributed by atoms with Gasteiger partial charge >= 0.3 is 7.12 Å². The molecule has 18 heavy (non-hydrogen) atoms. The number of benzene rings is 1. The predicted molar refractivity (Wildman–Crippen MR) is 69.4 cm³/mol. The maximum Gasteiger partial charge on any atom is 0.492 e. The fourth-order valence-electron chi connectivity index (χ4n) is 3.03. The van der Waals surface area contributed by atoms with Crippen LogP contribution in [0.1, 0.15) is 24.0 Å². The first-order valence-corrected chi connectivity index (χ1v) is 6.55. The van der Waals surface area contributed by atoms with Gasteiger partial charge in [0.15, 0.2) is 0 Å². The second-order valence-corrected chi connectivity index (χ2v) is 5.10. The largest absolute Gasteiger partial charge is 0.492 e. The maximum atomic E-state index is 9.87. The quantitative estimate of drug-likeness (QED) is 0.730. The molecule has 0 aliphatic carbocycles. The van der Waals surface area contributed by atoms with Crippen LogP contribution in [0.25, 0.3) is 0 Å². The standard InChI is InChI=1S/C13H18BNO3/c16-8-12-5-2-6-15(12)7-10-3-1-4-11-9-18-14(17)13(10)11/h1,3-4,12,16-17H,2,5-9H2/t12-/m0/s1. The summed E-state index contributed by atoms with van der Waals surface area (Å²) in [5.41, 5.74) is 3.14. The zero-order valence-electron chi connectivity index (χ0n) is 10.4. The molecule has 0 amide bonds. The molecule has 4 nitrogen and oxygen atoms in total. The van der Waals surface area contributed by atoms with Crippen LogP contribution >= 0.6 is 0 Å². The van der Waals surface area contributed by atoms with E-state index in [0.717, 1.165) is 42.5 Å². The molecule has 2 aliphatic rings. The zero-order chi connectivity index (χ0) is 12.5. The Morgan fingerprint density at radius 1 is 1.44 bits per heavy atom. The van der Waals surface area contributed by atoms with E-state index in [1.165, 1.54) is 0 Å². The number of hydrogen-bond donors (Lipinski definition) is 2. The summed E-state index contributed by atoms with van der Waals surface area (Å²) in [5, 5.41) is 19.2. The summed E-state index contributed by atoms with van der Waals surface area (Å²) >= 11 is 0. The highest BCUT2D eigenvalue weighted by Gasteiger charge is 2.31. The molecule has 3 rings (SSSR count). The highest BCUT2D eigenvalue weighted by molar-refractivity contribution is 6.62. The van der Waals surface area contributed by atoms with Crippen LogP contribution in [-0.2, 0) is 17.8 Å².